The molecule has 1 N–H and O–H groups in total. The molecule has 28 heavy (non-hydrogen) atoms. The van der Waals surface area contributed by atoms with Gasteiger partial charge in [-0.05, 0) is 18.2 Å². The Morgan fingerprint density at radius 1 is 1.00 bits per heavy atom. The van der Waals surface area contributed by atoms with Crippen molar-refractivity contribution in [2.75, 3.05) is 19.0 Å². The summed E-state index contributed by atoms with van der Waals surface area (Å²) in [6.45, 7) is -0.840. The van der Waals surface area contributed by atoms with E-state index in [1.165, 1.54) is 0 Å². The summed E-state index contributed by atoms with van der Waals surface area (Å²) in [5.74, 6) is -4.78. The monoisotopic (exact) mass is 394 g/mol. The molecule has 0 aromatic heterocycles. The van der Waals surface area contributed by atoms with Crippen LogP contribution in [0.4, 0.5) is 20.2 Å². The number of nitrogens with zero attached hydrogens (tertiary/aromatic N) is 1. The van der Waals surface area contributed by atoms with Gasteiger partial charge in [-0.2, -0.15) is 0 Å². The van der Waals surface area contributed by atoms with Gasteiger partial charge in [0.05, 0.1) is 23.2 Å². The van der Waals surface area contributed by atoms with Crippen molar-refractivity contribution in [1.82, 2.24) is 0 Å². The van der Waals surface area contributed by atoms with E-state index < -0.39 is 46.7 Å². The van der Waals surface area contributed by atoms with Crippen LogP contribution in [-0.2, 0) is 14.3 Å². The highest BCUT2D eigenvalue weighted by atomic mass is 19.1. The van der Waals surface area contributed by atoms with Crippen LogP contribution in [0, 0.1) is 21.7 Å². The molecule has 0 bridgehead atoms. The minimum absolute atomic E-state index is 0.193. The first-order valence-electron chi connectivity index (χ1n) is 7.50. The highest BCUT2D eigenvalue weighted by Gasteiger charge is 2.20. The number of non-ortho nitro benzene ring substituents is 1. The molecule has 0 unspecified atom stereocenters. The number of nitro benzene ring substituents is 1. The standard InChI is InChI=1S/C17H12F2N2O7/c1-27-16(23)9-2-10(4-14(3-9)21(25)26)17(24)28-8-15(22)20-13-6-11(18)5-12(19)7-13/h2-7H,8H2,1H3,(H,20,22). The molecule has 2 rings (SSSR count). The summed E-state index contributed by atoms with van der Waals surface area (Å²) in [6.07, 6.45) is 0. The summed E-state index contributed by atoms with van der Waals surface area (Å²) >= 11 is 0. The van der Waals surface area contributed by atoms with E-state index in [0.29, 0.717) is 6.07 Å². The summed E-state index contributed by atoms with van der Waals surface area (Å²) in [5.41, 5.74) is -1.38. The van der Waals surface area contributed by atoms with Crippen molar-refractivity contribution in [3.05, 3.63) is 69.3 Å². The first-order chi connectivity index (χ1) is 13.2. The van der Waals surface area contributed by atoms with Crippen LogP contribution in [0.1, 0.15) is 20.7 Å². The van der Waals surface area contributed by atoms with Crippen molar-refractivity contribution in [2.45, 2.75) is 0 Å². The number of ether oxygens (including phenoxy) is 2. The molecule has 0 saturated heterocycles. The maximum atomic E-state index is 13.1. The Morgan fingerprint density at radius 2 is 1.57 bits per heavy atom. The summed E-state index contributed by atoms with van der Waals surface area (Å²) in [6, 6.07) is 5.08. The van der Waals surface area contributed by atoms with Crippen molar-refractivity contribution < 1.29 is 37.6 Å². The SMILES string of the molecule is COC(=O)c1cc(C(=O)OCC(=O)Nc2cc(F)cc(F)c2)cc([N+](=O)[O-])c1. The number of esters is 2. The lowest BCUT2D eigenvalue weighted by atomic mass is 10.1. The van der Waals surface area contributed by atoms with Crippen molar-refractivity contribution >= 4 is 29.2 Å². The molecule has 2 aromatic rings. The maximum Gasteiger partial charge on any atom is 0.338 e. The van der Waals surface area contributed by atoms with Gasteiger partial charge in [-0.25, -0.2) is 18.4 Å². The van der Waals surface area contributed by atoms with E-state index in [1.807, 2.05) is 0 Å². The van der Waals surface area contributed by atoms with Crippen LogP contribution in [0.15, 0.2) is 36.4 Å². The quantitative estimate of drug-likeness (QED) is 0.453. The van der Waals surface area contributed by atoms with E-state index in [-0.39, 0.29) is 16.8 Å². The zero-order chi connectivity index (χ0) is 20.8. The van der Waals surface area contributed by atoms with E-state index in [1.54, 1.807) is 0 Å². The number of carbonyl (C=O) groups excluding carboxylic acids is 3. The normalized spacial score (nSPS) is 10.1. The summed E-state index contributed by atoms with van der Waals surface area (Å²) < 4.78 is 35.3. The summed E-state index contributed by atoms with van der Waals surface area (Å²) in [4.78, 5) is 45.5. The Hall–Kier alpha value is -3.89. The third-order valence-corrected chi connectivity index (χ3v) is 3.27. The highest BCUT2D eigenvalue weighted by molar-refractivity contribution is 5.98. The van der Waals surface area contributed by atoms with Crippen molar-refractivity contribution in [3.8, 4) is 0 Å². The lowest BCUT2D eigenvalue weighted by Crippen LogP contribution is -2.21. The number of anilines is 1. The molecule has 2 aromatic carbocycles. The highest BCUT2D eigenvalue weighted by Crippen LogP contribution is 2.19. The smallest absolute Gasteiger partial charge is 0.338 e. The molecule has 0 heterocycles. The van der Waals surface area contributed by atoms with Crippen molar-refractivity contribution in [1.29, 1.82) is 0 Å². The van der Waals surface area contributed by atoms with Gasteiger partial charge in [0.2, 0.25) is 0 Å². The second-order valence-corrected chi connectivity index (χ2v) is 5.30. The molecular weight excluding hydrogens is 382 g/mol. The first-order valence-corrected chi connectivity index (χ1v) is 7.50. The second kappa shape index (κ2) is 8.66. The number of methoxy groups -OCH3 is 1. The molecule has 11 heteroatoms. The molecule has 0 fully saturated rings. The molecule has 0 aliphatic rings. The van der Waals surface area contributed by atoms with E-state index in [2.05, 4.69) is 10.1 Å². The van der Waals surface area contributed by atoms with Gasteiger partial charge in [0.15, 0.2) is 6.61 Å². The number of hydrogen-bond acceptors (Lipinski definition) is 7. The average Bonchev–Trinajstić information content (AvgIpc) is 2.64. The largest absolute Gasteiger partial charge is 0.465 e. The third-order valence-electron chi connectivity index (χ3n) is 3.27. The van der Waals surface area contributed by atoms with Crippen molar-refractivity contribution in [3.63, 3.8) is 0 Å². The van der Waals surface area contributed by atoms with E-state index >= 15 is 0 Å². The van der Waals surface area contributed by atoms with Crippen LogP contribution in [0.3, 0.4) is 0 Å². The number of rotatable bonds is 6. The molecule has 0 atom stereocenters. The number of nitrogens with one attached hydrogen (secondary N) is 1. The number of halogens is 2. The minimum Gasteiger partial charge on any atom is -0.465 e. The van der Waals surface area contributed by atoms with E-state index in [4.69, 9.17) is 4.74 Å². The fourth-order valence-electron chi connectivity index (χ4n) is 2.11. The van der Waals surface area contributed by atoms with Gasteiger partial charge in [-0.1, -0.05) is 0 Å². The first kappa shape index (κ1) is 20.4. The molecular formula is C17H12F2N2O7. The van der Waals surface area contributed by atoms with Gasteiger partial charge in [-0.15, -0.1) is 0 Å². The van der Waals surface area contributed by atoms with Gasteiger partial charge in [0.1, 0.15) is 11.6 Å². The molecule has 0 spiro atoms. The Kier molecular flexibility index (Phi) is 6.32. The van der Waals surface area contributed by atoms with Crippen molar-refractivity contribution in [2.24, 2.45) is 0 Å². The number of carbonyl (C=O) groups is 3. The molecule has 9 nitrogen and oxygen atoms in total. The fraction of sp³-hybridized carbons (Fsp3) is 0.118. The number of hydrogen-bond donors (Lipinski definition) is 1. The summed E-state index contributed by atoms with van der Waals surface area (Å²) in [5, 5.41) is 13.1. The molecule has 0 saturated carbocycles. The Bertz CT molecular complexity index is 942. The van der Waals surface area contributed by atoms with Crippen LogP contribution in [-0.4, -0.2) is 36.5 Å². The minimum atomic E-state index is -1.13. The maximum absolute atomic E-state index is 13.1. The van der Waals surface area contributed by atoms with Crippen LogP contribution >= 0.6 is 0 Å². The van der Waals surface area contributed by atoms with Crippen LogP contribution < -0.4 is 5.32 Å². The van der Waals surface area contributed by atoms with Gasteiger partial charge >= 0.3 is 11.9 Å². The predicted molar refractivity (Wildman–Crippen MR) is 89.7 cm³/mol. The van der Waals surface area contributed by atoms with Crippen LogP contribution in [0.2, 0.25) is 0 Å². The zero-order valence-corrected chi connectivity index (χ0v) is 14.2. The molecule has 1 amide bonds. The molecule has 146 valence electrons. The summed E-state index contributed by atoms with van der Waals surface area (Å²) in [7, 11) is 1.05. The Labute approximate surface area is 156 Å². The van der Waals surface area contributed by atoms with Crippen LogP contribution in [0.25, 0.3) is 0 Å². The third kappa shape index (κ3) is 5.30. The van der Waals surface area contributed by atoms with Crippen LogP contribution in [0.5, 0.6) is 0 Å². The molecule has 0 radical (unpaired) electrons. The zero-order valence-electron chi connectivity index (χ0n) is 14.2. The van der Waals surface area contributed by atoms with Gasteiger partial charge in [0, 0.05) is 23.9 Å². The number of nitro groups is 1. The predicted octanol–water partition coefficient (Wildman–Crippen LogP) is 2.46. The van der Waals surface area contributed by atoms with E-state index in [9.17, 15) is 33.3 Å². The topological polar surface area (TPSA) is 125 Å². The Balaban J connectivity index is 2.09. The lowest BCUT2D eigenvalue weighted by Gasteiger charge is -2.08. The lowest BCUT2D eigenvalue weighted by molar-refractivity contribution is -0.384. The van der Waals surface area contributed by atoms with Gasteiger partial charge < -0.3 is 14.8 Å². The number of benzene rings is 2. The Morgan fingerprint density at radius 3 is 2.11 bits per heavy atom. The number of amides is 1. The van der Waals surface area contributed by atoms with Gasteiger partial charge in [-0.3, -0.25) is 14.9 Å². The fourth-order valence-corrected chi connectivity index (χ4v) is 2.11. The average molecular weight is 394 g/mol. The second-order valence-electron chi connectivity index (χ2n) is 5.30. The molecule has 0 aliphatic heterocycles. The van der Waals surface area contributed by atoms with Gasteiger partial charge in [0.25, 0.3) is 11.6 Å². The van der Waals surface area contributed by atoms with E-state index in [0.717, 1.165) is 37.4 Å². The molecule has 0 aliphatic carbocycles.